The van der Waals surface area contributed by atoms with Gasteiger partial charge in [-0.05, 0) is 60.5 Å². The van der Waals surface area contributed by atoms with E-state index < -0.39 is 0 Å². The van der Waals surface area contributed by atoms with Crippen molar-refractivity contribution in [2.75, 3.05) is 26.8 Å². The van der Waals surface area contributed by atoms with Crippen LogP contribution in [0.2, 0.25) is 0 Å². The van der Waals surface area contributed by atoms with Gasteiger partial charge in [0.25, 0.3) is 0 Å². The summed E-state index contributed by atoms with van der Waals surface area (Å²) in [6, 6.07) is 1.30. The Hall–Kier alpha value is -0.120. The number of hydrogen-bond acceptors (Lipinski definition) is 3. The quantitative estimate of drug-likeness (QED) is 0.723. The van der Waals surface area contributed by atoms with Gasteiger partial charge >= 0.3 is 0 Å². The van der Waals surface area contributed by atoms with Gasteiger partial charge in [-0.3, -0.25) is 4.90 Å². The Balaban J connectivity index is 2.13. The Morgan fingerprint density at radius 1 is 1.41 bits per heavy atom. The number of nitrogens with one attached hydrogen (secondary N) is 1. The monoisotopic (exact) mass is 242 g/mol. The maximum absolute atomic E-state index is 5.44. The predicted octanol–water partition coefficient (Wildman–Crippen LogP) is 2.26. The second-order valence-electron chi connectivity index (χ2n) is 6.35. The van der Waals surface area contributed by atoms with Crippen LogP contribution in [0.4, 0.5) is 0 Å². The highest BCUT2D eigenvalue weighted by molar-refractivity contribution is 4.77. The average molecular weight is 242 g/mol. The summed E-state index contributed by atoms with van der Waals surface area (Å²) in [5.41, 5.74) is 0.244. The molecule has 2 atom stereocenters. The van der Waals surface area contributed by atoms with Crippen LogP contribution in [0, 0.1) is 0 Å². The normalized spacial score (nSPS) is 23.3. The molecule has 1 N–H and O–H groups in total. The summed E-state index contributed by atoms with van der Waals surface area (Å²) in [5.74, 6) is 0. The molecule has 0 aromatic heterocycles. The zero-order valence-electron chi connectivity index (χ0n) is 12.3. The molecule has 1 aliphatic rings. The van der Waals surface area contributed by atoms with Gasteiger partial charge in [-0.15, -0.1) is 0 Å². The fourth-order valence-corrected chi connectivity index (χ4v) is 2.27. The first kappa shape index (κ1) is 14.9. The van der Waals surface area contributed by atoms with Crippen LogP contribution in [-0.2, 0) is 4.74 Å². The molecule has 1 fully saturated rings. The number of nitrogens with zero attached hydrogens (tertiary/aromatic N) is 1. The SMILES string of the molecule is CC(CCCNC(C)(C)C)N(C)C1CCOC1. The first-order chi connectivity index (χ1) is 7.90. The second kappa shape index (κ2) is 6.72. The van der Waals surface area contributed by atoms with E-state index in [0.29, 0.717) is 12.1 Å². The topological polar surface area (TPSA) is 24.5 Å². The summed E-state index contributed by atoms with van der Waals surface area (Å²) >= 11 is 0. The van der Waals surface area contributed by atoms with Gasteiger partial charge in [-0.1, -0.05) is 0 Å². The van der Waals surface area contributed by atoms with Crippen LogP contribution < -0.4 is 5.32 Å². The summed E-state index contributed by atoms with van der Waals surface area (Å²) in [5, 5.41) is 3.54. The zero-order valence-corrected chi connectivity index (χ0v) is 12.3. The van der Waals surface area contributed by atoms with Crippen LogP contribution in [0.3, 0.4) is 0 Å². The maximum Gasteiger partial charge on any atom is 0.0622 e. The Morgan fingerprint density at radius 3 is 2.65 bits per heavy atom. The van der Waals surface area contributed by atoms with Crippen molar-refractivity contribution in [2.24, 2.45) is 0 Å². The van der Waals surface area contributed by atoms with Crippen molar-refractivity contribution < 1.29 is 4.74 Å². The molecule has 102 valence electrons. The largest absolute Gasteiger partial charge is 0.380 e. The van der Waals surface area contributed by atoms with Crippen LogP contribution in [-0.4, -0.2) is 49.3 Å². The molecule has 0 radical (unpaired) electrons. The summed E-state index contributed by atoms with van der Waals surface area (Å²) in [6.07, 6.45) is 3.70. The Bertz CT molecular complexity index is 207. The lowest BCUT2D eigenvalue weighted by atomic mass is 10.1. The van der Waals surface area contributed by atoms with Gasteiger partial charge in [-0.25, -0.2) is 0 Å². The van der Waals surface area contributed by atoms with Crippen LogP contribution in [0.1, 0.15) is 47.0 Å². The minimum absolute atomic E-state index is 0.244. The van der Waals surface area contributed by atoms with E-state index in [1.54, 1.807) is 0 Å². The molecule has 3 heteroatoms. The van der Waals surface area contributed by atoms with Crippen LogP contribution >= 0.6 is 0 Å². The van der Waals surface area contributed by atoms with E-state index in [4.69, 9.17) is 4.74 Å². The third-order valence-electron chi connectivity index (χ3n) is 3.63. The molecule has 0 spiro atoms. The van der Waals surface area contributed by atoms with Gasteiger partial charge < -0.3 is 10.1 Å². The Labute approximate surface area is 107 Å². The number of hydrogen-bond donors (Lipinski definition) is 1. The first-order valence-electron chi connectivity index (χ1n) is 6.95. The highest BCUT2D eigenvalue weighted by atomic mass is 16.5. The Morgan fingerprint density at radius 2 is 2.12 bits per heavy atom. The van der Waals surface area contributed by atoms with Crippen molar-refractivity contribution in [3.05, 3.63) is 0 Å². The first-order valence-corrected chi connectivity index (χ1v) is 6.95. The van der Waals surface area contributed by atoms with Crippen molar-refractivity contribution in [3.8, 4) is 0 Å². The molecule has 0 aromatic carbocycles. The van der Waals surface area contributed by atoms with E-state index in [-0.39, 0.29) is 5.54 Å². The molecule has 2 unspecified atom stereocenters. The van der Waals surface area contributed by atoms with Gasteiger partial charge in [0.2, 0.25) is 0 Å². The molecule has 0 aromatic rings. The van der Waals surface area contributed by atoms with Gasteiger partial charge in [0.15, 0.2) is 0 Å². The van der Waals surface area contributed by atoms with Gasteiger partial charge in [0.1, 0.15) is 0 Å². The lowest BCUT2D eigenvalue weighted by molar-refractivity contribution is 0.133. The lowest BCUT2D eigenvalue weighted by Crippen LogP contribution is -2.40. The average Bonchev–Trinajstić information content (AvgIpc) is 2.74. The summed E-state index contributed by atoms with van der Waals surface area (Å²) in [4.78, 5) is 2.49. The lowest BCUT2D eigenvalue weighted by Gasteiger charge is -2.30. The van der Waals surface area contributed by atoms with E-state index in [9.17, 15) is 0 Å². The van der Waals surface area contributed by atoms with Crippen LogP contribution in [0.5, 0.6) is 0 Å². The molecule has 0 saturated carbocycles. The van der Waals surface area contributed by atoms with E-state index in [2.05, 4.69) is 45.0 Å². The van der Waals surface area contributed by atoms with E-state index in [1.165, 1.54) is 19.3 Å². The van der Waals surface area contributed by atoms with Crippen molar-refractivity contribution in [3.63, 3.8) is 0 Å². The molecule has 1 aliphatic heterocycles. The van der Waals surface area contributed by atoms with Gasteiger partial charge in [0.05, 0.1) is 6.61 Å². The van der Waals surface area contributed by atoms with E-state index in [1.807, 2.05) is 0 Å². The summed E-state index contributed by atoms with van der Waals surface area (Å²) in [7, 11) is 2.24. The summed E-state index contributed by atoms with van der Waals surface area (Å²) < 4.78 is 5.44. The highest BCUT2D eigenvalue weighted by Crippen LogP contribution is 2.15. The third-order valence-corrected chi connectivity index (χ3v) is 3.63. The van der Waals surface area contributed by atoms with Crippen LogP contribution in [0.25, 0.3) is 0 Å². The van der Waals surface area contributed by atoms with Crippen molar-refractivity contribution in [2.45, 2.75) is 64.6 Å². The van der Waals surface area contributed by atoms with E-state index in [0.717, 1.165) is 19.8 Å². The molecule has 1 heterocycles. The molecule has 1 rings (SSSR count). The summed E-state index contributed by atoms with van der Waals surface area (Å²) in [6.45, 7) is 12.0. The minimum atomic E-state index is 0.244. The van der Waals surface area contributed by atoms with Gasteiger partial charge in [-0.2, -0.15) is 0 Å². The Kier molecular flexibility index (Phi) is 5.90. The molecular formula is C14H30N2O. The van der Waals surface area contributed by atoms with Crippen LogP contribution in [0.15, 0.2) is 0 Å². The van der Waals surface area contributed by atoms with Crippen molar-refractivity contribution in [1.82, 2.24) is 10.2 Å². The minimum Gasteiger partial charge on any atom is -0.380 e. The molecule has 1 saturated heterocycles. The van der Waals surface area contributed by atoms with Crippen molar-refractivity contribution in [1.29, 1.82) is 0 Å². The molecule has 0 amide bonds. The fraction of sp³-hybridized carbons (Fsp3) is 1.00. The molecule has 0 bridgehead atoms. The zero-order chi connectivity index (χ0) is 12.9. The number of rotatable bonds is 6. The number of ether oxygens (including phenoxy) is 1. The third kappa shape index (κ3) is 5.84. The number of likely N-dealkylation sites (N-methyl/N-ethyl adjacent to an activating group) is 1. The molecule has 3 nitrogen and oxygen atoms in total. The van der Waals surface area contributed by atoms with Gasteiger partial charge in [0, 0.05) is 24.2 Å². The van der Waals surface area contributed by atoms with E-state index >= 15 is 0 Å². The standard InChI is InChI=1S/C14H30N2O/c1-12(7-6-9-15-14(2,3)4)16(5)13-8-10-17-11-13/h12-13,15H,6-11H2,1-5H3. The maximum atomic E-state index is 5.44. The fourth-order valence-electron chi connectivity index (χ4n) is 2.27. The molecule has 17 heavy (non-hydrogen) atoms. The predicted molar refractivity (Wildman–Crippen MR) is 73.4 cm³/mol. The molecule has 0 aliphatic carbocycles. The van der Waals surface area contributed by atoms with Crippen molar-refractivity contribution >= 4 is 0 Å². The second-order valence-corrected chi connectivity index (χ2v) is 6.35. The smallest absolute Gasteiger partial charge is 0.0622 e. The molecular weight excluding hydrogens is 212 g/mol. The highest BCUT2D eigenvalue weighted by Gasteiger charge is 2.23.